The minimum atomic E-state index is 0.285. The lowest BCUT2D eigenvalue weighted by Gasteiger charge is -2.31. The lowest BCUT2D eigenvalue weighted by atomic mass is 10.1. The normalized spacial score (nSPS) is 12.4. The minimum absolute atomic E-state index is 0.285. The smallest absolute Gasteiger partial charge is 0.129 e. The maximum Gasteiger partial charge on any atom is 0.129 e. The van der Waals surface area contributed by atoms with Gasteiger partial charge in [0.25, 0.3) is 0 Å². The second-order valence-electron chi connectivity index (χ2n) is 5.41. The number of anilines is 1. The number of hydrogen-bond donors (Lipinski definition) is 0. The summed E-state index contributed by atoms with van der Waals surface area (Å²) < 4.78 is 1.11. The van der Waals surface area contributed by atoms with E-state index in [1.165, 1.54) is 5.56 Å². The number of pyridine rings is 1. The molecule has 0 saturated heterocycles. The first kappa shape index (κ1) is 16.0. The molecule has 0 aliphatic heterocycles. The molecule has 0 amide bonds. The van der Waals surface area contributed by atoms with Crippen molar-refractivity contribution in [3.05, 3.63) is 58.7 Å². The Hall–Kier alpha value is -1.39. The standard InChI is InChI=1S/C17H22BrN3/c1-14(15-7-9-16(18)10-8-15)21(13-12-20(2)3)17-6-4-5-11-19-17/h4-11,14H,12-13H2,1-3H3. The fraction of sp³-hybridized carbons (Fsp3) is 0.353. The van der Waals surface area contributed by atoms with Crippen LogP contribution in [0.15, 0.2) is 53.1 Å². The number of hydrogen-bond acceptors (Lipinski definition) is 3. The Bertz CT molecular complexity index is 540. The van der Waals surface area contributed by atoms with Gasteiger partial charge in [-0.3, -0.25) is 0 Å². The third-order valence-corrected chi connectivity index (χ3v) is 4.08. The molecule has 4 heteroatoms. The molecule has 112 valence electrons. The summed E-state index contributed by atoms with van der Waals surface area (Å²) in [7, 11) is 4.20. The highest BCUT2D eigenvalue weighted by Gasteiger charge is 2.17. The van der Waals surface area contributed by atoms with Crippen LogP contribution in [-0.2, 0) is 0 Å². The zero-order valence-electron chi connectivity index (χ0n) is 12.8. The summed E-state index contributed by atoms with van der Waals surface area (Å²) in [6.45, 7) is 4.17. The predicted octanol–water partition coefficient (Wildman–Crippen LogP) is 3.97. The number of aromatic nitrogens is 1. The van der Waals surface area contributed by atoms with E-state index < -0.39 is 0 Å². The molecule has 2 rings (SSSR count). The van der Waals surface area contributed by atoms with Crippen molar-refractivity contribution in [3.63, 3.8) is 0 Å². The molecule has 1 atom stereocenters. The Morgan fingerprint density at radius 3 is 2.33 bits per heavy atom. The van der Waals surface area contributed by atoms with Gasteiger partial charge < -0.3 is 9.80 Å². The van der Waals surface area contributed by atoms with Crippen molar-refractivity contribution in [1.82, 2.24) is 9.88 Å². The number of benzene rings is 1. The molecule has 0 saturated carbocycles. The summed E-state index contributed by atoms with van der Waals surface area (Å²) in [6, 6.07) is 14.9. The first-order valence-corrected chi connectivity index (χ1v) is 7.95. The summed E-state index contributed by atoms with van der Waals surface area (Å²) in [5, 5.41) is 0. The van der Waals surface area contributed by atoms with Crippen LogP contribution in [0.25, 0.3) is 0 Å². The molecule has 0 radical (unpaired) electrons. The Morgan fingerprint density at radius 2 is 1.76 bits per heavy atom. The summed E-state index contributed by atoms with van der Waals surface area (Å²) in [4.78, 5) is 9.07. The molecule has 1 heterocycles. The third-order valence-electron chi connectivity index (χ3n) is 3.55. The quantitative estimate of drug-likeness (QED) is 0.787. The summed E-state index contributed by atoms with van der Waals surface area (Å²) in [5.74, 6) is 1.02. The highest BCUT2D eigenvalue weighted by atomic mass is 79.9. The molecule has 2 aromatic rings. The molecule has 0 aliphatic carbocycles. The minimum Gasteiger partial charge on any atom is -0.349 e. The molecule has 21 heavy (non-hydrogen) atoms. The maximum atomic E-state index is 4.52. The van der Waals surface area contributed by atoms with Crippen LogP contribution in [0, 0.1) is 0 Å². The average molecular weight is 348 g/mol. The van der Waals surface area contributed by atoms with E-state index in [0.717, 1.165) is 23.4 Å². The topological polar surface area (TPSA) is 19.4 Å². The van der Waals surface area contributed by atoms with Gasteiger partial charge in [-0.05, 0) is 50.8 Å². The Balaban J connectivity index is 2.23. The van der Waals surface area contributed by atoms with Gasteiger partial charge in [0.05, 0.1) is 6.04 Å². The highest BCUT2D eigenvalue weighted by Crippen LogP contribution is 2.26. The number of rotatable bonds is 6. The van der Waals surface area contributed by atoms with Gasteiger partial charge >= 0.3 is 0 Å². The molecule has 0 spiro atoms. The van der Waals surface area contributed by atoms with E-state index in [0.29, 0.717) is 0 Å². The van der Waals surface area contributed by atoms with Crippen LogP contribution in [-0.4, -0.2) is 37.1 Å². The Morgan fingerprint density at radius 1 is 1.05 bits per heavy atom. The van der Waals surface area contributed by atoms with Crippen molar-refractivity contribution in [3.8, 4) is 0 Å². The molecule has 0 aliphatic rings. The zero-order chi connectivity index (χ0) is 15.2. The second kappa shape index (κ2) is 7.57. The molecule has 1 aromatic heterocycles. The lowest BCUT2D eigenvalue weighted by Crippen LogP contribution is -2.34. The van der Waals surface area contributed by atoms with Gasteiger partial charge in [-0.2, -0.15) is 0 Å². The van der Waals surface area contributed by atoms with E-state index in [9.17, 15) is 0 Å². The van der Waals surface area contributed by atoms with Crippen LogP contribution in [0.1, 0.15) is 18.5 Å². The van der Waals surface area contributed by atoms with Gasteiger partial charge in [-0.1, -0.05) is 34.1 Å². The van der Waals surface area contributed by atoms with Crippen LogP contribution >= 0.6 is 15.9 Å². The van der Waals surface area contributed by atoms with Crippen LogP contribution < -0.4 is 4.90 Å². The van der Waals surface area contributed by atoms with Crippen LogP contribution in [0.3, 0.4) is 0 Å². The van der Waals surface area contributed by atoms with Crippen LogP contribution in [0.5, 0.6) is 0 Å². The van der Waals surface area contributed by atoms with E-state index >= 15 is 0 Å². The van der Waals surface area contributed by atoms with E-state index in [-0.39, 0.29) is 6.04 Å². The Kier molecular flexibility index (Phi) is 5.76. The molecule has 0 fully saturated rings. The predicted molar refractivity (Wildman–Crippen MR) is 92.7 cm³/mol. The SMILES string of the molecule is CC(c1ccc(Br)cc1)N(CCN(C)C)c1ccccn1. The number of halogens is 1. The average Bonchev–Trinajstić information content (AvgIpc) is 2.49. The fourth-order valence-corrected chi connectivity index (χ4v) is 2.52. The van der Waals surface area contributed by atoms with Gasteiger partial charge in [-0.15, -0.1) is 0 Å². The van der Waals surface area contributed by atoms with E-state index in [2.05, 4.69) is 82.1 Å². The third kappa shape index (κ3) is 4.55. The molecule has 3 nitrogen and oxygen atoms in total. The lowest BCUT2D eigenvalue weighted by molar-refractivity contribution is 0.406. The van der Waals surface area contributed by atoms with Gasteiger partial charge in [0, 0.05) is 23.8 Å². The van der Waals surface area contributed by atoms with Crippen molar-refractivity contribution in [2.75, 3.05) is 32.1 Å². The molecular formula is C17H22BrN3. The molecule has 1 unspecified atom stereocenters. The number of likely N-dealkylation sites (N-methyl/N-ethyl adjacent to an activating group) is 1. The van der Waals surface area contributed by atoms with Gasteiger partial charge in [-0.25, -0.2) is 4.98 Å². The largest absolute Gasteiger partial charge is 0.349 e. The second-order valence-corrected chi connectivity index (χ2v) is 6.33. The van der Waals surface area contributed by atoms with Gasteiger partial charge in [0.15, 0.2) is 0 Å². The van der Waals surface area contributed by atoms with Crippen molar-refractivity contribution in [2.24, 2.45) is 0 Å². The number of nitrogens with zero attached hydrogens (tertiary/aromatic N) is 3. The maximum absolute atomic E-state index is 4.52. The molecule has 1 aromatic carbocycles. The zero-order valence-corrected chi connectivity index (χ0v) is 14.4. The molecule has 0 bridgehead atoms. The highest BCUT2D eigenvalue weighted by molar-refractivity contribution is 9.10. The van der Waals surface area contributed by atoms with E-state index in [1.807, 2.05) is 18.3 Å². The van der Waals surface area contributed by atoms with Crippen LogP contribution in [0.4, 0.5) is 5.82 Å². The van der Waals surface area contributed by atoms with Crippen molar-refractivity contribution in [1.29, 1.82) is 0 Å². The summed E-state index contributed by atoms with van der Waals surface area (Å²) in [5.41, 5.74) is 1.29. The fourth-order valence-electron chi connectivity index (χ4n) is 2.26. The van der Waals surface area contributed by atoms with Crippen LogP contribution in [0.2, 0.25) is 0 Å². The first-order valence-electron chi connectivity index (χ1n) is 7.16. The molecule has 0 N–H and O–H groups in total. The Labute approximate surface area is 135 Å². The summed E-state index contributed by atoms with van der Waals surface area (Å²) >= 11 is 3.49. The van der Waals surface area contributed by atoms with Crippen molar-refractivity contribution in [2.45, 2.75) is 13.0 Å². The van der Waals surface area contributed by atoms with E-state index in [4.69, 9.17) is 0 Å². The van der Waals surface area contributed by atoms with Crippen molar-refractivity contribution >= 4 is 21.7 Å². The summed E-state index contributed by atoms with van der Waals surface area (Å²) in [6.07, 6.45) is 1.85. The van der Waals surface area contributed by atoms with E-state index in [1.54, 1.807) is 0 Å². The van der Waals surface area contributed by atoms with Gasteiger partial charge in [0.1, 0.15) is 5.82 Å². The molecular weight excluding hydrogens is 326 g/mol. The monoisotopic (exact) mass is 347 g/mol. The van der Waals surface area contributed by atoms with Gasteiger partial charge in [0.2, 0.25) is 0 Å². The van der Waals surface area contributed by atoms with Crippen molar-refractivity contribution < 1.29 is 0 Å². The first-order chi connectivity index (χ1) is 10.1.